The van der Waals surface area contributed by atoms with E-state index in [0.29, 0.717) is 17.1 Å². The van der Waals surface area contributed by atoms with Crippen LogP contribution in [0.5, 0.6) is 0 Å². The molecule has 1 amide bonds. The number of imidazole rings is 1. The molecule has 0 aliphatic carbocycles. The maximum atomic E-state index is 12.5. The maximum absolute atomic E-state index is 12.5. The lowest BCUT2D eigenvalue weighted by atomic mass is 10.1. The van der Waals surface area contributed by atoms with Crippen LogP contribution in [0.25, 0.3) is 16.9 Å². The second kappa shape index (κ2) is 6.92. The first-order valence-corrected chi connectivity index (χ1v) is 9.42. The van der Waals surface area contributed by atoms with Crippen LogP contribution >= 0.6 is 11.5 Å². The molecule has 0 aliphatic rings. The third-order valence-electron chi connectivity index (χ3n) is 4.46. The topological polar surface area (TPSA) is 72.2 Å². The van der Waals surface area contributed by atoms with E-state index >= 15 is 0 Å². The van der Waals surface area contributed by atoms with Gasteiger partial charge in [0.25, 0.3) is 5.91 Å². The van der Waals surface area contributed by atoms with E-state index in [4.69, 9.17) is 4.98 Å². The monoisotopic (exact) mass is 377 g/mol. The van der Waals surface area contributed by atoms with Crippen LogP contribution in [0.1, 0.15) is 32.2 Å². The lowest BCUT2D eigenvalue weighted by molar-refractivity contribution is 0.0953. The van der Waals surface area contributed by atoms with Crippen LogP contribution in [0.2, 0.25) is 0 Å². The molecule has 7 heteroatoms. The molecule has 0 saturated carbocycles. The highest BCUT2D eigenvalue weighted by Crippen LogP contribution is 2.25. The molecule has 136 valence electrons. The smallest absolute Gasteiger partial charge is 0.265 e. The van der Waals surface area contributed by atoms with Gasteiger partial charge in [0, 0.05) is 11.8 Å². The molecule has 0 fully saturated rings. The molecule has 0 aliphatic heterocycles. The predicted molar refractivity (Wildman–Crippen MR) is 106 cm³/mol. The minimum atomic E-state index is -0.167. The summed E-state index contributed by atoms with van der Waals surface area (Å²) in [5, 5.41) is 6.90. The van der Waals surface area contributed by atoms with Crippen molar-refractivity contribution in [1.82, 2.24) is 24.3 Å². The van der Waals surface area contributed by atoms with Crippen molar-refractivity contribution < 1.29 is 4.79 Å². The van der Waals surface area contributed by atoms with Gasteiger partial charge in [0.05, 0.1) is 23.6 Å². The highest BCUT2D eigenvalue weighted by Gasteiger charge is 2.17. The molecule has 6 nitrogen and oxygen atoms in total. The Balaban J connectivity index is 1.74. The number of nitrogens with zero attached hydrogens (tertiary/aromatic N) is 4. The summed E-state index contributed by atoms with van der Waals surface area (Å²) in [6.45, 7) is 6.25. The summed E-state index contributed by atoms with van der Waals surface area (Å²) in [5.74, 6) is -0.167. The van der Waals surface area contributed by atoms with Gasteiger partial charge in [-0.2, -0.15) is 0 Å². The van der Waals surface area contributed by atoms with Crippen LogP contribution < -0.4 is 5.32 Å². The van der Waals surface area contributed by atoms with Crippen LogP contribution in [-0.4, -0.2) is 24.9 Å². The number of aromatic nitrogens is 4. The minimum Gasteiger partial charge on any atom is -0.346 e. The van der Waals surface area contributed by atoms with E-state index in [1.54, 1.807) is 6.92 Å². The molecule has 0 bridgehead atoms. The van der Waals surface area contributed by atoms with Gasteiger partial charge >= 0.3 is 0 Å². The summed E-state index contributed by atoms with van der Waals surface area (Å²) in [7, 11) is 0. The summed E-state index contributed by atoms with van der Waals surface area (Å²) in [5.41, 5.74) is 6.68. The first-order valence-electron chi connectivity index (χ1n) is 8.64. The largest absolute Gasteiger partial charge is 0.346 e. The van der Waals surface area contributed by atoms with Gasteiger partial charge in [-0.05, 0) is 43.9 Å². The van der Waals surface area contributed by atoms with E-state index in [2.05, 4.69) is 46.1 Å². The van der Waals surface area contributed by atoms with Gasteiger partial charge in [0.15, 0.2) is 0 Å². The lowest BCUT2D eigenvalue weighted by Crippen LogP contribution is -2.23. The fraction of sp³-hybridized carbons (Fsp3) is 0.200. The van der Waals surface area contributed by atoms with Crippen molar-refractivity contribution in [3.05, 3.63) is 70.0 Å². The molecular formula is C20H19N5OS. The first kappa shape index (κ1) is 17.4. The number of hydrogen-bond donors (Lipinski definition) is 1. The quantitative estimate of drug-likeness (QED) is 0.588. The summed E-state index contributed by atoms with van der Waals surface area (Å²) < 4.78 is 5.88. The van der Waals surface area contributed by atoms with Gasteiger partial charge in [-0.1, -0.05) is 40.4 Å². The molecule has 4 aromatic rings. The molecule has 3 aromatic heterocycles. The molecule has 0 radical (unpaired) electrons. The van der Waals surface area contributed by atoms with Gasteiger partial charge < -0.3 is 9.72 Å². The Hall–Kier alpha value is -3.06. The van der Waals surface area contributed by atoms with Crippen LogP contribution in [0.3, 0.4) is 0 Å². The van der Waals surface area contributed by atoms with Crippen molar-refractivity contribution in [3.63, 3.8) is 0 Å². The Kier molecular flexibility index (Phi) is 4.45. The molecular weight excluding hydrogens is 358 g/mol. The van der Waals surface area contributed by atoms with Gasteiger partial charge in [-0.3, -0.25) is 4.79 Å². The van der Waals surface area contributed by atoms with E-state index in [0.717, 1.165) is 39.7 Å². The van der Waals surface area contributed by atoms with Crippen molar-refractivity contribution in [2.75, 3.05) is 0 Å². The van der Waals surface area contributed by atoms with Crippen molar-refractivity contribution in [1.29, 1.82) is 0 Å². The Labute approximate surface area is 161 Å². The van der Waals surface area contributed by atoms with Gasteiger partial charge in [-0.25, -0.2) is 4.98 Å². The number of nitrogens with one attached hydrogen (secondary N) is 1. The van der Waals surface area contributed by atoms with E-state index < -0.39 is 0 Å². The second-order valence-electron chi connectivity index (χ2n) is 6.58. The van der Waals surface area contributed by atoms with Crippen LogP contribution in [-0.2, 0) is 6.54 Å². The van der Waals surface area contributed by atoms with Crippen LogP contribution in [0.4, 0.5) is 0 Å². The number of rotatable bonds is 4. The Morgan fingerprint density at radius 2 is 1.81 bits per heavy atom. The van der Waals surface area contributed by atoms with E-state index in [1.807, 2.05) is 29.7 Å². The highest BCUT2D eigenvalue weighted by atomic mass is 32.1. The Morgan fingerprint density at radius 1 is 1.07 bits per heavy atom. The summed E-state index contributed by atoms with van der Waals surface area (Å²) in [6, 6.07) is 12.3. The lowest BCUT2D eigenvalue weighted by Gasteiger charge is -2.08. The summed E-state index contributed by atoms with van der Waals surface area (Å²) >= 11 is 1.11. The molecule has 27 heavy (non-hydrogen) atoms. The van der Waals surface area contributed by atoms with Crippen molar-refractivity contribution in [2.45, 2.75) is 27.3 Å². The fourth-order valence-electron chi connectivity index (χ4n) is 3.00. The third kappa shape index (κ3) is 3.33. The first-order chi connectivity index (χ1) is 13.0. The molecule has 0 saturated heterocycles. The van der Waals surface area contributed by atoms with E-state index in [1.165, 1.54) is 5.56 Å². The summed E-state index contributed by atoms with van der Waals surface area (Å²) in [4.78, 5) is 17.8. The highest BCUT2D eigenvalue weighted by molar-refractivity contribution is 7.07. The van der Waals surface area contributed by atoms with Crippen molar-refractivity contribution in [2.24, 2.45) is 0 Å². The number of carbonyl (C=O) groups excluding carboxylic acids is 1. The Morgan fingerprint density at radius 3 is 2.52 bits per heavy atom. The van der Waals surface area contributed by atoms with E-state index in [9.17, 15) is 4.79 Å². The van der Waals surface area contributed by atoms with Crippen LogP contribution in [0.15, 0.2) is 42.6 Å². The molecule has 0 atom stereocenters. The van der Waals surface area contributed by atoms with Crippen molar-refractivity contribution in [3.8, 4) is 11.3 Å². The molecule has 0 unspecified atom stereocenters. The zero-order chi connectivity index (χ0) is 19.0. The van der Waals surface area contributed by atoms with E-state index in [-0.39, 0.29) is 5.91 Å². The number of hydrogen-bond acceptors (Lipinski definition) is 5. The van der Waals surface area contributed by atoms with Crippen molar-refractivity contribution >= 4 is 23.1 Å². The SMILES string of the molecule is Cc1ccc(-c2nc3ccc(C)cn3c2CNC(=O)c2snnc2C)cc1. The number of aryl methyl sites for hydroxylation is 3. The molecule has 1 aromatic carbocycles. The van der Waals surface area contributed by atoms with Gasteiger partial charge in [-0.15, -0.1) is 5.10 Å². The molecule has 3 heterocycles. The Bertz CT molecular complexity index is 1130. The minimum absolute atomic E-state index is 0.167. The average Bonchev–Trinajstić information content (AvgIpc) is 3.24. The normalized spacial score (nSPS) is 11.1. The van der Waals surface area contributed by atoms with Gasteiger partial charge in [0.1, 0.15) is 10.5 Å². The number of carbonyl (C=O) groups is 1. The fourth-order valence-corrected chi connectivity index (χ4v) is 3.57. The van der Waals surface area contributed by atoms with Crippen LogP contribution in [0, 0.1) is 20.8 Å². The number of fused-ring (bicyclic) bond motifs is 1. The zero-order valence-electron chi connectivity index (χ0n) is 15.4. The number of amides is 1. The maximum Gasteiger partial charge on any atom is 0.265 e. The third-order valence-corrected chi connectivity index (χ3v) is 5.29. The number of pyridine rings is 1. The average molecular weight is 377 g/mol. The second-order valence-corrected chi connectivity index (χ2v) is 7.33. The number of benzene rings is 1. The predicted octanol–water partition coefficient (Wildman–Crippen LogP) is 3.71. The standard InChI is InChI=1S/C20H19N5OS/c1-12-4-7-15(8-5-12)18-16(25-11-13(2)6-9-17(25)22-18)10-21-20(26)19-14(3)23-24-27-19/h4-9,11H,10H2,1-3H3,(H,21,26). The zero-order valence-corrected chi connectivity index (χ0v) is 16.2. The molecule has 4 rings (SSSR count). The summed E-state index contributed by atoms with van der Waals surface area (Å²) in [6.07, 6.45) is 2.04. The van der Waals surface area contributed by atoms with Gasteiger partial charge in [0.2, 0.25) is 0 Å². The molecule has 1 N–H and O–H groups in total. The molecule has 0 spiro atoms.